The van der Waals surface area contributed by atoms with Crippen molar-refractivity contribution in [2.45, 2.75) is 26.2 Å². The molecule has 0 heterocycles. The zero-order valence-corrected chi connectivity index (χ0v) is 6.30. The van der Waals surface area contributed by atoms with Gasteiger partial charge in [0.1, 0.15) is 6.61 Å². The lowest BCUT2D eigenvalue weighted by Crippen LogP contribution is -1.96. The Balaban J connectivity index is 3.03. The van der Waals surface area contributed by atoms with E-state index in [1.165, 1.54) is 6.61 Å². The van der Waals surface area contributed by atoms with Crippen molar-refractivity contribution in [1.82, 2.24) is 0 Å². The van der Waals surface area contributed by atoms with E-state index in [1.807, 2.05) is 0 Å². The molecule has 2 nitrogen and oxygen atoms in total. The molecule has 0 atom stereocenters. The van der Waals surface area contributed by atoms with Crippen molar-refractivity contribution in [2.24, 2.45) is 0 Å². The normalized spacial score (nSPS) is 8.90. The summed E-state index contributed by atoms with van der Waals surface area (Å²) >= 11 is 0. The Hall–Kier alpha value is -0.790. The SMILES string of the molecule is C=CC(=O)O[CH]CCCC. The van der Waals surface area contributed by atoms with E-state index >= 15 is 0 Å². The minimum Gasteiger partial charge on any atom is -0.455 e. The highest BCUT2D eigenvalue weighted by molar-refractivity contribution is 5.81. The number of carbonyl (C=O) groups is 1. The van der Waals surface area contributed by atoms with Crippen molar-refractivity contribution in [3.63, 3.8) is 0 Å². The summed E-state index contributed by atoms with van der Waals surface area (Å²) in [6.45, 7) is 6.87. The molecule has 10 heavy (non-hydrogen) atoms. The van der Waals surface area contributed by atoms with E-state index in [-0.39, 0.29) is 5.97 Å². The standard InChI is InChI=1S/C8H13O2/c1-3-5-6-7-10-8(9)4-2/h4,7H,2-3,5-6H2,1H3. The maximum Gasteiger partial charge on any atom is 0.330 e. The van der Waals surface area contributed by atoms with Gasteiger partial charge in [0, 0.05) is 6.08 Å². The molecule has 0 unspecified atom stereocenters. The molecular weight excluding hydrogens is 128 g/mol. The number of carbonyl (C=O) groups excluding carboxylic acids is 1. The van der Waals surface area contributed by atoms with Gasteiger partial charge in [-0.15, -0.1) is 0 Å². The number of ether oxygens (including phenoxy) is 1. The van der Waals surface area contributed by atoms with Crippen LogP contribution in [0.1, 0.15) is 26.2 Å². The van der Waals surface area contributed by atoms with Crippen LogP contribution < -0.4 is 0 Å². The van der Waals surface area contributed by atoms with Gasteiger partial charge >= 0.3 is 5.97 Å². The summed E-state index contributed by atoms with van der Waals surface area (Å²) in [5, 5.41) is 0. The third kappa shape index (κ3) is 5.35. The van der Waals surface area contributed by atoms with E-state index in [0.29, 0.717) is 0 Å². The highest BCUT2D eigenvalue weighted by atomic mass is 16.5. The van der Waals surface area contributed by atoms with Crippen LogP contribution >= 0.6 is 0 Å². The molecule has 0 aliphatic heterocycles. The summed E-state index contributed by atoms with van der Waals surface area (Å²) in [6, 6.07) is 0. The Morgan fingerprint density at radius 1 is 1.70 bits per heavy atom. The fraction of sp³-hybridized carbons (Fsp3) is 0.500. The van der Waals surface area contributed by atoms with Crippen molar-refractivity contribution in [1.29, 1.82) is 0 Å². The summed E-state index contributed by atoms with van der Waals surface area (Å²) in [4.78, 5) is 10.4. The van der Waals surface area contributed by atoms with Gasteiger partial charge < -0.3 is 4.74 Å². The average molecular weight is 141 g/mol. The first-order chi connectivity index (χ1) is 4.81. The van der Waals surface area contributed by atoms with E-state index in [2.05, 4.69) is 18.2 Å². The fourth-order valence-electron chi connectivity index (χ4n) is 0.477. The molecule has 0 aliphatic rings. The second-order valence-electron chi connectivity index (χ2n) is 1.95. The molecule has 0 rings (SSSR count). The number of hydrogen-bond donors (Lipinski definition) is 0. The Morgan fingerprint density at radius 3 is 2.90 bits per heavy atom. The predicted molar refractivity (Wildman–Crippen MR) is 40.1 cm³/mol. The van der Waals surface area contributed by atoms with Crippen LogP contribution in [0.25, 0.3) is 0 Å². The highest BCUT2D eigenvalue weighted by Crippen LogP contribution is 1.98. The third-order valence-electron chi connectivity index (χ3n) is 1.04. The quantitative estimate of drug-likeness (QED) is 0.333. The lowest BCUT2D eigenvalue weighted by atomic mass is 10.3. The number of hydrogen-bond acceptors (Lipinski definition) is 2. The third-order valence-corrected chi connectivity index (χ3v) is 1.04. The average Bonchev–Trinajstić information content (AvgIpc) is 1.98. The Labute approximate surface area is 61.9 Å². The van der Waals surface area contributed by atoms with Crippen LogP contribution in [0, 0.1) is 6.61 Å². The lowest BCUT2D eigenvalue weighted by molar-refractivity contribution is -0.134. The van der Waals surface area contributed by atoms with Gasteiger partial charge in [0.05, 0.1) is 0 Å². The van der Waals surface area contributed by atoms with Crippen molar-refractivity contribution >= 4 is 5.97 Å². The van der Waals surface area contributed by atoms with E-state index in [1.54, 1.807) is 0 Å². The second-order valence-corrected chi connectivity index (χ2v) is 1.95. The fourth-order valence-corrected chi connectivity index (χ4v) is 0.477. The van der Waals surface area contributed by atoms with E-state index in [4.69, 9.17) is 0 Å². The van der Waals surface area contributed by atoms with Gasteiger partial charge in [0.2, 0.25) is 0 Å². The first kappa shape index (κ1) is 9.21. The lowest BCUT2D eigenvalue weighted by Gasteiger charge is -1.97. The molecule has 0 saturated carbocycles. The molecule has 0 bridgehead atoms. The van der Waals surface area contributed by atoms with Gasteiger partial charge in [0.25, 0.3) is 0 Å². The van der Waals surface area contributed by atoms with Crippen molar-refractivity contribution in [3.8, 4) is 0 Å². The molecular formula is C8H13O2. The number of unbranched alkanes of at least 4 members (excludes halogenated alkanes) is 2. The largest absolute Gasteiger partial charge is 0.455 e. The Kier molecular flexibility index (Phi) is 5.83. The molecule has 57 valence electrons. The molecule has 0 aromatic carbocycles. The van der Waals surface area contributed by atoms with Crippen molar-refractivity contribution in [3.05, 3.63) is 19.3 Å². The second kappa shape index (κ2) is 6.33. The smallest absolute Gasteiger partial charge is 0.330 e. The van der Waals surface area contributed by atoms with Crippen molar-refractivity contribution < 1.29 is 9.53 Å². The first-order valence-electron chi connectivity index (χ1n) is 3.46. The summed E-state index contributed by atoms with van der Waals surface area (Å²) in [5.74, 6) is -0.379. The van der Waals surface area contributed by atoms with Gasteiger partial charge in [-0.3, -0.25) is 0 Å². The van der Waals surface area contributed by atoms with Crippen LogP contribution in [0.15, 0.2) is 12.7 Å². The molecule has 0 N–H and O–H groups in total. The predicted octanol–water partition coefficient (Wildman–Crippen LogP) is 2.07. The van der Waals surface area contributed by atoms with Crippen molar-refractivity contribution in [2.75, 3.05) is 0 Å². The van der Waals surface area contributed by atoms with Crippen LogP contribution in [-0.4, -0.2) is 5.97 Å². The van der Waals surface area contributed by atoms with Gasteiger partial charge in [-0.25, -0.2) is 4.79 Å². The molecule has 0 saturated heterocycles. The topological polar surface area (TPSA) is 26.3 Å². The Morgan fingerprint density at radius 2 is 2.40 bits per heavy atom. The van der Waals surface area contributed by atoms with Gasteiger partial charge in [-0.1, -0.05) is 19.9 Å². The molecule has 2 heteroatoms. The molecule has 0 spiro atoms. The molecule has 0 fully saturated rings. The van der Waals surface area contributed by atoms with Gasteiger partial charge in [-0.05, 0) is 12.8 Å². The summed E-state index contributed by atoms with van der Waals surface area (Å²) < 4.78 is 4.61. The van der Waals surface area contributed by atoms with Crippen LogP contribution in [0.4, 0.5) is 0 Å². The molecule has 0 amide bonds. The zero-order chi connectivity index (χ0) is 7.82. The molecule has 0 aromatic rings. The van der Waals surface area contributed by atoms with E-state index in [0.717, 1.165) is 25.3 Å². The van der Waals surface area contributed by atoms with E-state index in [9.17, 15) is 4.79 Å². The summed E-state index contributed by atoms with van der Waals surface area (Å²) in [6.07, 6.45) is 4.16. The van der Waals surface area contributed by atoms with Crippen LogP contribution in [-0.2, 0) is 9.53 Å². The van der Waals surface area contributed by atoms with Gasteiger partial charge in [0.15, 0.2) is 0 Å². The summed E-state index contributed by atoms with van der Waals surface area (Å²) in [5.41, 5.74) is 0. The first-order valence-corrected chi connectivity index (χ1v) is 3.46. The number of rotatable bonds is 5. The monoisotopic (exact) mass is 141 g/mol. The molecule has 1 radical (unpaired) electrons. The molecule has 0 aliphatic carbocycles. The minimum absolute atomic E-state index is 0.379. The maximum absolute atomic E-state index is 10.4. The van der Waals surface area contributed by atoms with Crippen LogP contribution in [0.3, 0.4) is 0 Å². The molecule has 0 aromatic heterocycles. The van der Waals surface area contributed by atoms with E-state index < -0.39 is 0 Å². The zero-order valence-electron chi connectivity index (χ0n) is 6.30. The Bertz CT molecular complexity index is 108. The maximum atomic E-state index is 10.4. The minimum atomic E-state index is -0.379. The van der Waals surface area contributed by atoms with Crippen LogP contribution in [0.2, 0.25) is 0 Å². The highest BCUT2D eigenvalue weighted by Gasteiger charge is 1.93. The van der Waals surface area contributed by atoms with Crippen LogP contribution in [0.5, 0.6) is 0 Å². The van der Waals surface area contributed by atoms with Gasteiger partial charge in [-0.2, -0.15) is 0 Å². The summed E-state index contributed by atoms with van der Waals surface area (Å²) in [7, 11) is 0. The number of esters is 1.